The SMILES string of the molecule is Cc1cc2cc(C(=O)N3CCC4(CC3)CO[C@@H]([C@@]3(C)CC[C@H](O)C(C)(C)O3)C4)ccc2o1. The van der Waals surface area contributed by atoms with Crippen LogP contribution in [0.15, 0.2) is 28.7 Å². The molecule has 2 aromatic rings. The fourth-order valence-corrected chi connectivity index (χ4v) is 5.92. The number of carbonyl (C=O) groups is 1. The fourth-order valence-electron chi connectivity index (χ4n) is 5.92. The van der Waals surface area contributed by atoms with Gasteiger partial charge in [-0.05, 0) is 89.5 Å². The lowest BCUT2D eigenvalue weighted by atomic mass is 9.73. The van der Waals surface area contributed by atoms with Crippen molar-refractivity contribution in [3.05, 3.63) is 35.6 Å². The number of carbonyl (C=O) groups excluding carboxylic acids is 1. The second kappa shape index (κ2) is 7.57. The highest BCUT2D eigenvalue weighted by molar-refractivity contribution is 5.97. The smallest absolute Gasteiger partial charge is 0.253 e. The third-order valence-corrected chi connectivity index (χ3v) is 8.10. The number of aryl methyl sites for hydroxylation is 1. The van der Waals surface area contributed by atoms with E-state index in [4.69, 9.17) is 13.9 Å². The van der Waals surface area contributed by atoms with Crippen molar-refractivity contribution in [3.63, 3.8) is 0 Å². The van der Waals surface area contributed by atoms with E-state index >= 15 is 0 Å². The van der Waals surface area contributed by atoms with Gasteiger partial charge in [-0.15, -0.1) is 0 Å². The minimum atomic E-state index is -0.559. The predicted octanol–water partition coefficient (Wildman–Crippen LogP) is 4.46. The zero-order valence-electron chi connectivity index (χ0n) is 19.6. The maximum atomic E-state index is 13.1. The van der Waals surface area contributed by atoms with Gasteiger partial charge in [0.25, 0.3) is 5.91 Å². The van der Waals surface area contributed by atoms with E-state index in [0.29, 0.717) is 0 Å². The van der Waals surface area contributed by atoms with Crippen LogP contribution in [0.1, 0.15) is 69.0 Å². The Bertz CT molecular complexity index is 1020. The Labute approximate surface area is 189 Å². The number of hydrogen-bond acceptors (Lipinski definition) is 5. The van der Waals surface area contributed by atoms with Crippen LogP contribution in [0.2, 0.25) is 0 Å². The van der Waals surface area contributed by atoms with Gasteiger partial charge in [0.15, 0.2) is 0 Å². The lowest BCUT2D eigenvalue weighted by Gasteiger charge is -2.48. The number of ether oxygens (including phenoxy) is 2. The summed E-state index contributed by atoms with van der Waals surface area (Å²) in [7, 11) is 0. The van der Waals surface area contributed by atoms with E-state index in [9.17, 15) is 9.90 Å². The Morgan fingerprint density at radius 3 is 2.59 bits per heavy atom. The molecule has 1 spiro atoms. The highest BCUT2D eigenvalue weighted by Crippen LogP contribution is 2.49. The molecule has 3 saturated heterocycles. The van der Waals surface area contributed by atoms with Crippen LogP contribution in [-0.4, -0.2) is 59.0 Å². The molecule has 0 aliphatic carbocycles. The summed E-state index contributed by atoms with van der Waals surface area (Å²) in [6, 6.07) is 7.66. The molecule has 0 unspecified atom stereocenters. The largest absolute Gasteiger partial charge is 0.461 e. The molecule has 1 amide bonds. The maximum Gasteiger partial charge on any atom is 0.253 e. The Kier molecular flexibility index (Phi) is 5.19. The summed E-state index contributed by atoms with van der Waals surface area (Å²) in [5.74, 6) is 0.947. The standard InChI is InChI=1S/C26H35NO5/c1-17-13-19-14-18(5-6-20(19)31-17)23(29)27-11-9-26(10-12-27)15-22(30-16-26)25(4)8-7-21(28)24(2,3)32-25/h5-6,13-14,21-22,28H,7-12,15-16H2,1-4H3/t21-,22+,25+/m0/s1. The Morgan fingerprint density at radius 1 is 1.12 bits per heavy atom. The van der Waals surface area contributed by atoms with Crippen LogP contribution in [0, 0.1) is 12.3 Å². The summed E-state index contributed by atoms with van der Waals surface area (Å²) in [6.45, 7) is 10.2. The number of likely N-dealkylation sites (tertiary alicyclic amines) is 1. The quantitative estimate of drug-likeness (QED) is 0.745. The molecule has 3 aliphatic heterocycles. The van der Waals surface area contributed by atoms with E-state index in [1.165, 1.54) is 0 Å². The Morgan fingerprint density at radius 2 is 1.88 bits per heavy atom. The molecular weight excluding hydrogens is 406 g/mol. The van der Waals surface area contributed by atoms with E-state index in [1.54, 1.807) is 0 Å². The summed E-state index contributed by atoms with van der Waals surface area (Å²) in [4.78, 5) is 15.1. The van der Waals surface area contributed by atoms with E-state index in [1.807, 2.05) is 49.9 Å². The molecule has 174 valence electrons. The van der Waals surface area contributed by atoms with Gasteiger partial charge in [-0.2, -0.15) is 0 Å². The molecule has 1 aromatic heterocycles. The van der Waals surface area contributed by atoms with Crippen molar-refractivity contribution >= 4 is 16.9 Å². The lowest BCUT2D eigenvalue weighted by molar-refractivity contribution is -0.245. The van der Waals surface area contributed by atoms with Crippen LogP contribution in [0.4, 0.5) is 0 Å². The van der Waals surface area contributed by atoms with Gasteiger partial charge in [-0.25, -0.2) is 0 Å². The van der Waals surface area contributed by atoms with Crippen molar-refractivity contribution < 1.29 is 23.8 Å². The number of aliphatic hydroxyl groups excluding tert-OH is 1. The second-order valence-corrected chi connectivity index (χ2v) is 11.0. The molecule has 3 atom stereocenters. The highest BCUT2D eigenvalue weighted by atomic mass is 16.6. The first-order valence-corrected chi connectivity index (χ1v) is 11.9. The van der Waals surface area contributed by atoms with E-state index in [2.05, 4.69) is 6.92 Å². The number of fused-ring (bicyclic) bond motifs is 1. The lowest BCUT2D eigenvalue weighted by Crippen LogP contribution is -2.56. The van der Waals surface area contributed by atoms with Crippen LogP contribution in [0.3, 0.4) is 0 Å². The molecule has 0 radical (unpaired) electrons. The number of aliphatic hydroxyl groups is 1. The summed E-state index contributed by atoms with van der Waals surface area (Å²) in [5.41, 5.74) is 0.714. The number of hydrogen-bond donors (Lipinski definition) is 1. The average Bonchev–Trinajstić information content (AvgIpc) is 3.33. The second-order valence-electron chi connectivity index (χ2n) is 11.0. The van der Waals surface area contributed by atoms with Gasteiger partial charge in [-0.3, -0.25) is 4.79 Å². The number of nitrogens with zero attached hydrogens (tertiary/aromatic N) is 1. The summed E-state index contributed by atoms with van der Waals surface area (Å²) < 4.78 is 18.4. The topological polar surface area (TPSA) is 72.1 Å². The van der Waals surface area contributed by atoms with Gasteiger partial charge in [0, 0.05) is 24.0 Å². The molecule has 0 bridgehead atoms. The number of benzene rings is 1. The Hall–Kier alpha value is -1.89. The van der Waals surface area contributed by atoms with Gasteiger partial charge >= 0.3 is 0 Å². The van der Waals surface area contributed by atoms with Crippen molar-refractivity contribution in [1.82, 2.24) is 4.90 Å². The molecule has 5 rings (SSSR count). The maximum absolute atomic E-state index is 13.1. The van der Waals surface area contributed by atoms with Crippen molar-refractivity contribution in [2.45, 2.75) is 83.2 Å². The molecule has 1 N–H and O–H groups in total. The first-order valence-electron chi connectivity index (χ1n) is 11.9. The van der Waals surface area contributed by atoms with Gasteiger partial charge in [0.05, 0.1) is 30.0 Å². The van der Waals surface area contributed by atoms with Crippen LogP contribution in [0.5, 0.6) is 0 Å². The van der Waals surface area contributed by atoms with Crippen molar-refractivity contribution in [1.29, 1.82) is 0 Å². The first-order chi connectivity index (χ1) is 15.1. The molecule has 6 heteroatoms. The summed E-state index contributed by atoms with van der Waals surface area (Å²) in [6.07, 6.45) is 3.99. The van der Waals surface area contributed by atoms with Crippen LogP contribution in [-0.2, 0) is 9.47 Å². The monoisotopic (exact) mass is 441 g/mol. The van der Waals surface area contributed by atoms with Crippen LogP contribution in [0.25, 0.3) is 11.0 Å². The number of amides is 1. The zero-order valence-corrected chi connectivity index (χ0v) is 19.6. The average molecular weight is 442 g/mol. The molecule has 4 heterocycles. The van der Waals surface area contributed by atoms with Crippen LogP contribution >= 0.6 is 0 Å². The molecule has 6 nitrogen and oxygen atoms in total. The fraction of sp³-hybridized carbons (Fsp3) is 0.654. The minimum Gasteiger partial charge on any atom is -0.461 e. The number of rotatable bonds is 2. The van der Waals surface area contributed by atoms with E-state index in [-0.39, 0.29) is 23.0 Å². The molecule has 32 heavy (non-hydrogen) atoms. The minimum absolute atomic E-state index is 0.0308. The van der Waals surface area contributed by atoms with E-state index < -0.39 is 11.7 Å². The van der Waals surface area contributed by atoms with Gasteiger partial charge in [0.2, 0.25) is 0 Å². The normalized spacial score (nSPS) is 32.0. The first kappa shape index (κ1) is 21.9. The predicted molar refractivity (Wildman–Crippen MR) is 122 cm³/mol. The van der Waals surface area contributed by atoms with Crippen molar-refractivity contribution in [3.8, 4) is 0 Å². The summed E-state index contributed by atoms with van der Waals surface area (Å²) in [5, 5.41) is 11.3. The molecule has 0 saturated carbocycles. The van der Waals surface area contributed by atoms with Gasteiger partial charge < -0.3 is 23.9 Å². The molecule has 3 fully saturated rings. The van der Waals surface area contributed by atoms with Crippen LogP contribution < -0.4 is 0 Å². The molecule has 3 aliphatic rings. The third-order valence-electron chi connectivity index (χ3n) is 8.10. The zero-order chi connectivity index (χ0) is 22.7. The number of piperidine rings is 1. The van der Waals surface area contributed by atoms with E-state index in [0.717, 1.165) is 74.1 Å². The Balaban J connectivity index is 1.23. The van der Waals surface area contributed by atoms with Gasteiger partial charge in [-0.1, -0.05) is 0 Å². The molecular formula is C26H35NO5. The van der Waals surface area contributed by atoms with Crippen molar-refractivity contribution in [2.75, 3.05) is 19.7 Å². The highest BCUT2D eigenvalue weighted by Gasteiger charge is 2.53. The van der Waals surface area contributed by atoms with Crippen molar-refractivity contribution in [2.24, 2.45) is 5.41 Å². The third kappa shape index (κ3) is 3.76. The number of furan rings is 1. The summed E-state index contributed by atoms with van der Waals surface area (Å²) >= 11 is 0. The molecule has 1 aromatic carbocycles. The van der Waals surface area contributed by atoms with Gasteiger partial charge in [0.1, 0.15) is 11.3 Å².